The molecule has 2 heterocycles. The van der Waals surface area contributed by atoms with Gasteiger partial charge in [0.05, 0.1) is 19.0 Å². The second kappa shape index (κ2) is 8.41. The quantitative estimate of drug-likeness (QED) is 0.285. The average molecular weight is 460 g/mol. The van der Waals surface area contributed by atoms with Gasteiger partial charge in [0, 0.05) is 4.95 Å². The summed E-state index contributed by atoms with van der Waals surface area (Å²) < 4.78 is 48.2. The van der Waals surface area contributed by atoms with Gasteiger partial charge in [0.25, 0.3) is 0 Å². The average Bonchev–Trinajstić information content (AvgIpc) is 2.95. The molecule has 19 heteroatoms. The first-order chi connectivity index (χ1) is 12.8. The first kappa shape index (κ1) is 22.7. The van der Waals surface area contributed by atoms with E-state index in [1.807, 2.05) is 0 Å². The third-order valence-electron chi connectivity index (χ3n) is 2.95. The Balaban J connectivity index is 1.97. The van der Waals surface area contributed by atoms with E-state index in [1.165, 1.54) is 24.1 Å². The van der Waals surface area contributed by atoms with Gasteiger partial charge >= 0.3 is 23.2 Å². The van der Waals surface area contributed by atoms with Crippen molar-refractivity contribution in [3.05, 3.63) is 17.6 Å². The van der Waals surface area contributed by atoms with Crippen LogP contribution in [0.5, 0.6) is 0 Å². The minimum Gasteiger partial charge on any atom is -0.382 e. The molecule has 2 aromatic rings. The standard InChI is InChI=1S/C9H15N6O10P3/c1-6(2-15-4-13-7-8(10)11-3-12-9(7)15)23-5-26(17,18)24-28(21,22)25-27(19,20)14-16/h3-4,6H,2,5H2,1H3,(H,17,18)(H,19,20)(H,21,22)(H2,10,11,12)/t6-/m1/s1. The van der Waals surface area contributed by atoms with E-state index in [9.17, 15) is 28.4 Å². The van der Waals surface area contributed by atoms with E-state index in [0.29, 0.717) is 11.2 Å². The number of hydrogen-bond acceptors (Lipinski definition) is 11. The van der Waals surface area contributed by atoms with Crippen molar-refractivity contribution in [3.63, 3.8) is 0 Å². The van der Waals surface area contributed by atoms with Crippen LogP contribution in [0.1, 0.15) is 6.92 Å². The Kier molecular flexibility index (Phi) is 6.82. The summed E-state index contributed by atoms with van der Waals surface area (Å²) in [5, 5.41) is 0. The van der Waals surface area contributed by atoms with E-state index in [2.05, 4.69) is 23.6 Å². The molecule has 0 saturated carbocycles. The maximum absolute atomic E-state index is 11.8. The molecular formula is C9H15N6O10P3. The lowest BCUT2D eigenvalue weighted by molar-refractivity contribution is 0.0759. The van der Waals surface area contributed by atoms with Crippen molar-refractivity contribution in [2.45, 2.75) is 19.6 Å². The van der Waals surface area contributed by atoms with Gasteiger partial charge in [-0.05, 0) is 6.92 Å². The van der Waals surface area contributed by atoms with Gasteiger partial charge in [0.1, 0.15) is 18.2 Å². The number of nitrogens with two attached hydrogens (primary N) is 1. The number of phosphoric acid groups is 1. The monoisotopic (exact) mass is 460 g/mol. The Morgan fingerprint density at radius 1 is 1.21 bits per heavy atom. The summed E-state index contributed by atoms with van der Waals surface area (Å²) in [5.41, 5.74) is 6.40. The van der Waals surface area contributed by atoms with Crippen LogP contribution in [0.2, 0.25) is 0 Å². The van der Waals surface area contributed by atoms with Crippen LogP contribution in [0.3, 0.4) is 0 Å². The molecule has 16 nitrogen and oxygen atoms in total. The summed E-state index contributed by atoms with van der Waals surface area (Å²) in [4.78, 5) is 50.9. The zero-order valence-electron chi connectivity index (χ0n) is 14.0. The van der Waals surface area contributed by atoms with E-state index >= 15 is 0 Å². The third kappa shape index (κ3) is 6.21. The number of imidazole rings is 1. The molecule has 28 heavy (non-hydrogen) atoms. The Morgan fingerprint density at radius 3 is 2.54 bits per heavy atom. The van der Waals surface area contributed by atoms with Crippen LogP contribution < -0.4 is 5.73 Å². The van der Waals surface area contributed by atoms with Crippen LogP contribution in [0.4, 0.5) is 5.82 Å². The Labute approximate surface area is 156 Å². The van der Waals surface area contributed by atoms with Crippen LogP contribution in [-0.4, -0.2) is 46.7 Å². The summed E-state index contributed by atoms with van der Waals surface area (Å²) in [6.45, 7) is 1.60. The molecule has 0 aromatic carbocycles. The van der Waals surface area contributed by atoms with Crippen LogP contribution in [0.15, 0.2) is 17.6 Å². The van der Waals surface area contributed by atoms with Crippen molar-refractivity contribution in [1.82, 2.24) is 19.5 Å². The van der Waals surface area contributed by atoms with Crippen molar-refractivity contribution in [3.8, 4) is 0 Å². The van der Waals surface area contributed by atoms with Crippen LogP contribution in [0, 0.1) is 4.91 Å². The largest absolute Gasteiger partial charge is 0.496 e. The smallest absolute Gasteiger partial charge is 0.382 e. The predicted octanol–water partition coefficient (Wildman–Crippen LogP) is 0.957. The zero-order valence-corrected chi connectivity index (χ0v) is 16.7. The number of nitroso groups, excluding NO2 is 1. The number of nitrogen functional groups attached to an aromatic ring is 1. The van der Waals surface area contributed by atoms with Gasteiger partial charge in [-0.3, -0.25) is 4.57 Å². The number of hydrogen-bond donors (Lipinski definition) is 4. The zero-order chi connectivity index (χ0) is 21.2. The molecule has 3 unspecified atom stereocenters. The molecule has 0 bridgehead atoms. The molecule has 4 atom stereocenters. The second-order valence-corrected chi connectivity index (χ2v) is 10.2. The lowest BCUT2D eigenvalue weighted by atomic mass is 10.4. The van der Waals surface area contributed by atoms with Gasteiger partial charge in [0.15, 0.2) is 11.5 Å². The fraction of sp³-hybridized carbons (Fsp3) is 0.444. The summed E-state index contributed by atoms with van der Waals surface area (Å²) in [6, 6.07) is 0. The summed E-state index contributed by atoms with van der Waals surface area (Å²) in [6.07, 6.45) is 0.809. The van der Waals surface area contributed by atoms with Gasteiger partial charge in [0.2, 0.25) is 0 Å². The van der Waals surface area contributed by atoms with Crippen LogP contribution in [-0.2, 0) is 33.6 Å². The third-order valence-corrected chi connectivity index (χ3v) is 7.15. The maximum Gasteiger partial charge on any atom is 0.496 e. The molecule has 0 radical (unpaired) electrons. The number of fused-ring (bicyclic) bond motifs is 1. The van der Waals surface area contributed by atoms with E-state index in [4.69, 9.17) is 15.4 Å². The first-order valence-electron chi connectivity index (χ1n) is 7.12. The van der Waals surface area contributed by atoms with Gasteiger partial charge < -0.3 is 29.7 Å². The summed E-state index contributed by atoms with van der Waals surface area (Å²) >= 11 is 0. The fourth-order valence-electron chi connectivity index (χ4n) is 1.93. The molecule has 156 valence electrons. The number of aromatic nitrogens is 4. The van der Waals surface area contributed by atoms with Crippen molar-refractivity contribution in [1.29, 1.82) is 0 Å². The van der Waals surface area contributed by atoms with Crippen molar-refractivity contribution < 1.29 is 41.7 Å². The normalized spacial score (nSPS) is 19.4. The fourth-order valence-corrected chi connectivity index (χ4v) is 5.44. The minimum atomic E-state index is -5.55. The van der Waals surface area contributed by atoms with Crippen molar-refractivity contribution >= 4 is 40.1 Å². The highest BCUT2D eigenvalue weighted by molar-refractivity contribution is 7.69. The molecule has 0 fully saturated rings. The van der Waals surface area contributed by atoms with Crippen molar-refractivity contribution in [2.24, 2.45) is 4.95 Å². The Hall–Kier alpha value is -1.60. The molecule has 5 N–H and O–H groups in total. The molecule has 2 rings (SSSR count). The second-order valence-electron chi connectivity index (χ2n) is 5.28. The highest BCUT2D eigenvalue weighted by Crippen LogP contribution is 2.67. The van der Waals surface area contributed by atoms with E-state index in [1.54, 1.807) is 4.95 Å². The summed E-state index contributed by atoms with van der Waals surface area (Å²) in [7, 11) is -15.8. The van der Waals surface area contributed by atoms with Gasteiger partial charge in [-0.15, -0.1) is 4.91 Å². The molecule has 0 saturated heterocycles. The maximum atomic E-state index is 11.8. The van der Waals surface area contributed by atoms with E-state index in [-0.39, 0.29) is 12.4 Å². The summed E-state index contributed by atoms with van der Waals surface area (Å²) in [5.74, 6) is 0.162. The number of anilines is 1. The van der Waals surface area contributed by atoms with Crippen molar-refractivity contribution in [2.75, 3.05) is 12.1 Å². The Bertz CT molecular complexity index is 1010. The lowest BCUT2D eigenvalue weighted by Gasteiger charge is -2.19. The van der Waals surface area contributed by atoms with Gasteiger partial charge in [-0.1, -0.05) is 0 Å². The minimum absolute atomic E-state index is 0.0984. The van der Waals surface area contributed by atoms with Gasteiger partial charge in [-0.2, -0.15) is 4.31 Å². The van der Waals surface area contributed by atoms with Gasteiger partial charge in [-0.25, -0.2) is 28.4 Å². The molecule has 0 aliphatic rings. The Morgan fingerprint density at radius 2 is 1.89 bits per heavy atom. The number of rotatable bonds is 10. The molecule has 0 amide bonds. The molecule has 0 spiro atoms. The molecule has 0 aliphatic heterocycles. The molecule has 0 aliphatic carbocycles. The lowest BCUT2D eigenvalue weighted by Crippen LogP contribution is -2.17. The number of ether oxygens (including phenoxy) is 1. The predicted molar refractivity (Wildman–Crippen MR) is 92.6 cm³/mol. The van der Waals surface area contributed by atoms with E-state index in [0.717, 1.165) is 0 Å². The number of nitrogens with zero attached hydrogens (tertiary/aromatic N) is 5. The highest BCUT2D eigenvalue weighted by atomic mass is 31.3. The van der Waals surface area contributed by atoms with Crippen LogP contribution >= 0.6 is 23.2 Å². The van der Waals surface area contributed by atoms with E-state index < -0.39 is 35.6 Å². The van der Waals surface area contributed by atoms with Crippen LogP contribution in [0.25, 0.3) is 11.2 Å². The first-order valence-corrected chi connectivity index (χ1v) is 11.9. The molecule has 2 aromatic heterocycles. The molecular weight excluding hydrogens is 445 g/mol. The topological polar surface area (TPSA) is 239 Å². The highest BCUT2D eigenvalue weighted by Gasteiger charge is 2.41. The SMILES string of the molecule is C[C@H](Cn1cnc2c(N)ncnc21)OCP(=O)(O)OP(=O)(O)OP(=O)(O)N=O.